The Morgan fingerprint density at radius 3 is 2.79 bits per heavy atom. The van der Waals surface area contributed by atoms with Gasteiger partial charge in [-0.1, -0.05) is 41.9 Å². The van der Waals surface area contributed by atoms with Crippen LogP contribution in [0.1, 0.15) is 5.56 Å². The minimum absolute atomic E-state index is 0.487. The Labute approximate surface area is 116 Å². The van der Waals surface area contributed by atoms with Gasteiger partial charge in [0.25, 0.3) is 0 Å². The van der Waals surface area contributed by atoms with Crippen molar-refractivity contribution in [2.24, 2.45) is 0 Å². The average Bonchev–Trinajstić information content (AvgIpc) is 2.45. The van der Waals surface area contributed by atoms with Crippen molar-refractivity contribution in [2.75, 3.05) is 0 Å². The second kappa shape index (κ2) is 5.29. The number of nitrogens with zero attached hydrogens (tertiary/aromatic N) is 1. The van der Waals surface area contributed by atoms with E-state index in [1.807, 2.05) is 54.6 Å². The quantitative estimate of drug-likeness (QED) is 0.700. The van der Waals surface area contributed by atoms with Crippen LogP contribution in [0.5, 0.6) is 5.75 Å². The highest BCUT2D eigenvalue weighted by Crippen LogP contribution is 2.19. The maximum absolute atomic E-state index is 5.94. The van der Waals surface area contributed by atoms with E-state index in [0.717, 1.165) is 27.2 Å². The molecular formula is C16H12ClNO. The predicted octanol–water partition coefficient (Wildman–Crippen LogP) is 4.47. The molecule has 2 aromatic carbocycles. The normalized spacial score (nSPS) is 10.6. The fourth-order valence-electron chi connectivity index (χ4n) is 1.92. The van der Waals surface area contributed by atoms with Crippen LogP contribution in [0, 0.1) is 0 Å². The molecule has 0 aliphatic carbocycles. The Hall–Kier alpha value is -2.06. The molecule has 3 heteroatoms. The second-order valence-electron chi connectivity index (χ2n) is 4.28. The number of halogens is 1. The fraction of sp³-hybridized carbons (Fsp3) is 0.0625. The van der Waals surface area contributed by atoms with Crippen LogP contribution in [-0.4, -0.2) is 4.98 Å². The van der Waals surface area contributed by atoms with Crippen LogP contribution in [0.3, 0.4) is 0 Å². The van der Waals surface area contributed by atoms with Gasteiger partial charge in [0.15, 0.2) is 0 Å². The first-order valence-electron chi connectivity index (χ1n) is 6.03. The first-order valence-corrected chi connectivity index (χ1v) is 6.41. The number of aromatic nitrogens is 1. The molecule has 0 radical (unpaired) electrons. The van der Waals surface area contributed by atoms with Crippen LogP contribution in [0.15, 0.2) is 60.8 Å². The van der Waals surface area contributed by atoms with E-state index in [2.05, 4.69) is 4.98 Å². The molecule has 19 heavy (non-hydrogen) atoms. The van der Waals surface area contributed by atoms with Crippen LogP contribution in [0.4, 0.5) is 0 Å². The first kappa shape index (κ1) is 12.0. The number of ether oxygens (including phenoxy) is 1. The van der Waals surface area contributed by atoms with Gasteiger partial charge < -0.3 is 4.74 Å². The molecule has 0 spiro atoms. The summed E-state index contributed by atoms with van der Waals surface area (Å²) in [6.45, 7) is 0.487. The summed E-state index contributed by atoms with van der Waals surface area (Å²) in [4.78, 5) is 4.36. The van der Waals surface area contributed by atoms with Gasteiger partial charge in [0.05, 0.1) is 11.7 Å². The summed E-state index contributed by atoms with van der Waals surface area (Å²) in [5.41, 5.74) is 2.01. The Morgan fingerprint density at radius 1 is 1.00 bits per heavy atom. The van der Waals surface area contributed by atoms with Crippen LogP contribution >= 0.6 is 11.6 Å². The maximum Gasteiger partial charge on any atom is 0.138 e. The van der Waals surface area contributed by atoms with Crippen molar-refractivity contribution < 1.29 is 4.74 Å². The monoisotopic (exact) mass is 269 g/mol. The highest BCUT2D eigenvalue weighted by Gasteiger charge is 2.00. The first-order chi connectivity index (χ1) is 9.31. The minimum atomic E-state index is 0.487. The predicted molar refractivity (Wildman–Crippen MR) is 77.5 cm³/mol. The topological polar surface area (TPSA) is 22.1 Å². The lowest BCUT2D eigenvalue weighted by atomic mass is 10.2. The number of fused-ring (bicyclic) bond motifs is 1. The van der Waals surface area contributed by atoms with Gasteiger partial charge in [-0.15, -0.1) is 0 Å². The maximum atomic E-state index is 5.94. The lowest BCUT2D eigenvalue weighted by Crippen LogP contribution is -1.95. The summed E-state index contributed by atoms with van der Waals surface area (Å²) in [5.74, 6) is 0.763. The van der Waals surface area contributed by atoms with Gasteiger partial charge in [0.2, 0.25) is 0 Å². The van der Waals surface area contributed by atoms with Gasteiger partial charge in [-0.25, -0.2) is 0 Å². The molecule has 0 atom stereocenters. The summed E-state index contributed by atoms with van der Waals surface area (Å²) in [6, 6.07) is 17.6. The number of benzene rings is 2. The lowest BCUT2D eigenvalue weighted by molar-refractivity contribution is 0.305. The third-order valence-electron chi connectivity index (χ3n) is 2.86. The van der Waals surface area contributed by atoms with E-state index in [9.17, 15) is 0 Å². The number of rotatable bonds is 3. The molecule has 2 nitrogen and oxygen atoms in total. The molecule has 0 fully saturated rings. The standard InChI is InChI=1S/C16H12ClNO/c17-14-6-3-4-12(8-14)11-19-15-9-13-5-1-2-7-16(13)18-10-15/h1-10H,11H2. The highest BCUT2D eigenvalue weighted by molar-refractivity contribution is 6.30. The third kappa shape index (κ3) is 2.85. The second-order valence-corrected chi connectivity index (χ2v) is 4.72. The molecule has 1 heterocycles. The molecule has 0 saturated carbocycles. The summed E-state index contributed by atoms with van der Waals surface area (Å²) in [7, 11) is 0. The number of pyridine rings is 1. The molecule has 0 saturated heterocycles. The zero-order valence-corrected chi connectivity index (χ0v) is 11.0. The number of para-hydroxylation sites is 1. The van der Waals surface area contributed by atoms with Crippen molar-refractivity contribution >= 4 is 22.5 Å². The van der Waals surface area contributed by atoms with Crippen LogP contribution in [-0.2, 0) is 6.61 Å². The molecule has 1 aromatic heterocycles. The van der Waals surface area contributed by atoms with Gasteiger partial charge in [0.1, 0.15) is 12.4 Å². The third-order valence-corrected chi connectivity index (χ3v) is 3.10. The van der Waals surface area contributed by atoms with Crippen molar-refractivity contribution in [3.05, 3.63) is 71.4 Å². The van der Waals surface area contributed by atoms with Crippen LogP contribution in [0.2, 0.25) is 5.02 Å². The summed E-state index contributed by atoms with van der Waals surface area (Å²) < 4.78 is 5.73. The SMILES string of the molecule is Clc1cccc(COc2cnc3ccccc3c2)c1. The van der Waals surface area contributed by atoms with E-state index < -0.39 is 0 Å². The molecule has 3 aromatic rings. The van der Waals surface area contributed by atoms with E-state index in [1.165, 1.54) is 0 Å². The molecule has 3 rings (SSSR count). The van der Waals surface area contributed by atoms with Crippen LogP contribution in [0.25, 0.3) is 10.9 Å². The van der Waals surface area contributed by atoms with Crippen molar-refractivity contribution in [3.63, 3.8) is 0 Å². The Balaban J connectivity index is 1.78. The molecule has 94 valence electrons. The smallest absolute Gasteiger partial charge is 0.138 e. The number of hydrogen-bond acceptors (Lipinski definition) is 2. The zero-order chi connectivity index (χ0) is 13.1. The Bertz CT molecular complexity index is 712. The molecule has 0 bridgehead atoms. The van der Waals surface area contributed by atoms with Gasteiger partial charge in [-0.3, -0.25) is 4.98 Å². The lowest BCUT2D eigenvalue weighted by Gasteiger charge is -2.07. The number of hydrogen-bond donors (Lipinski definition) is 0. The molecule has 0 aliphatic heterocycles. The van der Waals surface area contributed by atoms with Crippen molar-refractivity contribution in [3.8, 4) is 5.75 Å². The van der Waals surface area contributed by atoms with Gasteiger partial charge in [-0.2, -0.15) is 0 Å². The summed E-state index contributed by atoms with van der Waals surface area (Å²) in [5, 5.41) is 1.80. The molecule has 0 aliphatic rings. The van der Waals surface area contributed by atoms with Crippen LogP contribution < -0.4 is 4.74 Å². The van der Waals surface area contributed by atoms with Gasteiger partial charge >= 0.3 is 0 Å². The molecular weight excluding hydrogens is 258 g/mol. The largest absolute Gasteiger partial charge is 0.487 e. The fourth-order valence-corrected chi connectivity index (χ4v) is 2.14. The van der Waals surface area contributed by atoms with E-state index in [-0.39, 0.29) is 0 Å². The Kier molecular flexibility index (Phi) is 3.34. The van der Waals surface area contributed by atoms with E-state index in [1.54, 1.807) is 6.20 Å². The zero-order valence-electron chi connectivity index (χ0n) is 10.2. The van der Waals surface area contributed by atoms with E-state index >= 15 is 0 Å². The van der Waals surface area contributed by atoms with Crippen molar-refractivity contribution in [2.45, 2.75) is 6.61 Å². The molecule has 0 N–H and O–H groups in total. The molecule has 0 unspecified atom stereocenters. The summed E-state index contributed by atoms with van der Waals surface area (Å²) in [6.07, 6.45) is 1.74. The summed E-state index contributed by atoms with van der Waals surface area (Å²) >= 11 is 5.94. The van der Waals surface area contributed by atoms with Gasteiger partial charge in [0, 0.05) is 10.4 Å². The minimum Gasteiger partial charge on any atom is -0.487 e. The van der Waals surface area contributed by atoms with Gasteiger partial charge in [-0.05, 0) is 29.8 Å². The highest BCUT2D eigenvalue weighted by atomic mass is 35.5. The van der Waals surface area contributed by atoms with E-state index in [0.29, 0.717) is 6.61 Å². The van der Waals surface area contributed by atoms with Crippen molar-refractivity contribution in [1.82, 2.24) is 4.98 Å². The van der Waals surface area contributed by atoms with E-state index in [4.69, 9.17) is 16.3 Å². The average molecular weight is 270 g/mol. The molecule has 0 amide bonds. The van der Waals surface area contributed by atoms with Crippen molar-refractivity contribution in [1.29, 1.82) is 0 Å². The Morgan fingerprint density at radius 2 is 1.89 bits per heavy atom.